The maximum Gasteiger partial charge on any atom is 0.303 e. The first-order valence-corrected chi connectivity index (χ1v) is 5.43. The second-order valence-corrected chi connectivity index (χ2v) is 3.86. The maximum absolute atomic E-state index is 10.4. The van der Waals surface area contributed by atoms with Crippen molar-refractivity contribution in [2.45, 2.75) is 19.8 Å². The lowest BCUT2D eigenvalue weighted by molar-refractivity contribution is -0.137. The number of hydrogen-bond acceptors (Lipinski definition) is 5. The van der Waals surface area contributed by atoms with E-state index in [9.17, 15) is 4.79 Å². The van der Waals surface area contributed by atoms with Crippen LogP contribution >= 0.6 is 0 Å². The monoisotopic (exact) mass is 239 g/mol. The van der Waals surface area contributed by atoms with Gasteiger partial charge < -0.3 is 15.2 Å². The summed E-state index contributed by atoms with van der Waals surface area (Å²) < 4.78 is 4.97. The van der Waals surface area contributed by atoms with E-state index in [1.165, 1.54) is 6.33 Å². The van der Waals surface area contributed by atoms with Crippen LogP contribution < -0.4 is 10.1 Å². The number of carbonyl (C=O) groups is 1. The van der Waals surface area contributed by atoms with E-state index in [1.54, 1.807) is 13.2 Å². The smallest absolute Gasteiger partial charge is 0.303 e. The van der Waals surface area contributed by atoms with Crippen LogP contribution in [0.25, 0.3) is 0 Å². The summed E-state index contributed by atoms with van der Waals surface area (Å²) >= 11 is 0. The van der Waals surface area contributed by atoms with Crippen LogP contribution in [0.2, 0.25) is 0 Å². The highest BCUT2D eigenvalue weighted by atomic mass is 16.5. The summed E-state index contributed by atoms with van der Waals surface area (Å²) in [5.74, 6) is 0.687. The number of carboxylic acids is 1. The molecule has 1 unspecified atom stereocenters. The van der Waals surface area contributed by atoms with Crippen LogP contribution in [0.1, 0.15) is 19.8 Å². The third kappa shape index (κ3) is 5.14. The Labute approximate surface area is 100 Å². The van der Waals surface area contributed by atoms with E-state index in [-0.39, 0.29) is 12.3 Å². The van der Waals surface area contributed by atoms with E-state index in [0.29, 0.717) is 24.7 Å². The molecule has 1 heterocycles. The van der Waals surface area contributed by atoms with Gasteiger partial charge in [-0.25, -0.2) is 9.97 Å². The van der Waals surface area contributed by atoms with E-state index in [1.807, 2.05) is 6.92 Å². The second-order valence-electron chi connectivity index (χ2n) is 3.86. The van der Waals surface area contributed by atoms with Crippen LogP contribution in [-0.2, 0) is 4.79 Å². The number of nitrogens with zero attached hydrogens (tertiary/aromatic N) is 2. The van der Waals surface area contributed by atoms with Gasteiger partial charge in [0.25, 0.3) is 0 Å². The molecule has 1 rings (SSSR count). The van der Waals surface area contributed by atoms with Crippen molar-refractivity contribution in [1.29, 1.82) is 0 Å². The molecule has 1 atom stereocenters. The highest BCUT2D eigenvalue weighted by Gasteiger charge is 2.06. The lowest BCUT2D eigenvalue weighted by Crippen LogP contribution is -2.13. The van der Waals surface area contributed by atoms with E-state index in [0.717, 1.165) is 0 Å². The largest absolute Gasteiger partial charge is 0.481 e. The molecule has 1 aromatic heterocycles. The Bertz CT molecular complexity index is 371. The van der Waals surface area contributed by atoms with Gasteiger partial charge in [-0.1, -0.05) is 6.92 Å². The lowest BCUT2D eigenvalue weighted by atomic mass is 10.1. The molecule has 0 aliphatic heterocycles. The molecule has 2 N–H and O–H groups in total. The Balaban J connectivity index is 2.36. The molecule has 0 fully saturated rings. The fourth-order valence-electron chi connectivity index (χ4n) is 1.30. The summed E-state index contributed by atoms with van der Waals surface area (Å²) in [6.45, 7) is 2.67. The van der Waals surface area contributed by atoms with Gasteiger partial charge in [0.15, 0.2) is 0 Å². The van der Waals surface area contributed by atoms with Crippen molar-refractivity contribution in [3.8, 4) is 5.88 Å². The van der Waals surface area contributed by atoms with E-state index in [2.05, 4.69) is 15.3 Å². The number of hydrogen-bond donors (Lipinski definition) is 2. The minimum atomic E-state index is -0.763. The Morgan fingerprint density at radius 3 is 3.00 bits per heavy atom. The molecule has 0 radical (unpaired) electrons. The van der Waals surface area contributed by atoms with E-state index in [4.69, 9.17) is 9.84 Å². The Morgan fingerprint density at radius 1 is 1.59 bits per heavy atom. The molecule has 0 aromatic carbocycles. The minimum Gasteiger partial charge on any atom is -0.481 e. The van der Waals surface area contributed by atoms with Crippen LogP contribution in [0.15, 0.2) is 12.4 Å². The number of carboxylic acid groups (broad SMARTS) is 1. The van der Waals surface area contributed by atoms with Gasteiger partial charge in [0.05, 0.1) is 7.11 Å². The van der Waals surface area contributed by atoms with Crippen LogP contribution in [0.5, 0.6) is 5.88 Å². The van der Waals surface area contributed by atoms with Crippen molar-refractivity contribution in [3.63, 3.8) is 0 Å². The van der Waals surface area contributed by atoms with Gasteiger partial charge in [-0.3, -0.25) is 4.79 Å². The number of aromatic nitrogens is 2. The molecule has 0 bridgehead atoms. The molecule has 0 aliphatic rings. The maximum atomic E-state index is 10.4. The van der Waals surface area contributed by atoms with Gasteiger partial charge >= 0.3 is 5.97 Å². The van der Waals surface area contributed by atoms with Crippen LogP contribution in [-0.4, -0.2) is 34.7 Å². The molecule has 0 amide bonds. The van der Waals surface area contributed by atoms with Crippen molar-refractivity contribution in [2.75, 3.05) is 19.0 Å². The van der Waals surface area contributed by atoms with Crippen LogP contribution in [0.4, 0.5) is 5.82 Å². The topological polar surface area (TPSA) is 84.3 Å². The van der Waals surface area contributed by atoms with E-state index < -0.39 is 5.97 Å². The molecular weight excluding hydrogens is 222 g/mol. The van der Waals surface area contributed by atoms with Crippen molar-refractivity contribution >= 4 is 11.8 Å². The van der Waals surface area contributed by atoms with Gasteiger partial charge in [0, 0.05) is 19.0 Å². The van der Waals surface area contributed by atoms with Crippen molar-refractivity contribution in [2.24, 2.45) is 5.92 Å². The second kappa shape index (κ2) is 6.67. The normalized spacial score (nSPS) is 11.9. The fourth-order valence-corrected chi connectivity index (χ4v) is 1.30. The Kier molecular flexibility index (Phi) is 5.19. The lowest BCUT2D eigenvalue weighted by Gasteiger charge is -2.11. The molecular formula is C11H17N3O3. The predicted molar refractivity (Wildman–Crippen MR) is 63.1 cm³/mol. The zero-order chi connectivity index (χ0) is 12.7. The molecule has 0 saturated heterocycles. The average Bonchev–Trinajstić information content (AvgIpc) is 2.34. The molecule has 0 aliphatic carbocycles. The van der Waals surface area contributed by atoms with E-state index >= 15 is 0 Å². The van der Waals surface area contributed by atoms with Crippen LogP contribution in [0, 0.1) is 5.92 Å². The zero-order valence-corrected chi connectivity index (χ0v) is 10.0. The third-order valence-electron chi connectivity index (χ3n) is 2.33. The van der Waals surface area contributed by atoms with Gasteiger partial charge in [-0.2, -0.15) is 0 Å². The Hall–Kier alpha value is -1.85. The van der Waals surface area contributed by atoms with Gasteiger partial charge in [0.2, 0.25) is 5.88 Å². The first-order valence-electron chi connectivity index (χ1n) is 5.43. The number of rotatable bonds is 7. The first kappa shape index (κ1) is 13.2. The summed E-state index contributed by atoms with van der Waals surface area (Å²) in [4.78, 5) is 18.3. The first-order chi connectivity index (χ1) is 8.11. The fraction of sp³-hybridized carbons (Fsp3) is 0.545. The summed E-state index contributed by atoms with van der Waals surface area (Å²) in [7, 11) is 1.54. The highest BCUT2D eigenvalue weighted by Crippen LogP contribution is 2.12. The zero-order valence-electron chi connectivity index (χ0n) is 10.0. The molecule has 1 aromatic rings. The number of methoxy groups -OCH3 is 1. The summed E-state index contributed by atoms with van der Waals surface area (Å²) in [5, 5.41) is 11.7. The molecule has 94 valence electrons. The number of anilines is 1. The number of nitrogens with one attached hydrogen (secondary N) is 1. The predicted octanol–water partition coefficient (Wildman–Crippen LogP) is 1.40. The minimum absolute atomic E-state index is 0.190. The van der Waals surface area contributed by atoms with Gasteiger partial charge in [-0.15, -0.1) is 0 Å². The van der Waals surface area contributed by atoms with Gasteiger partial charge in [0.1, 0.15) is 12.1 Å². The standard InChI is InChI=1S/C11H17N3O3/c1-8(3-4-11(15)16)6-12-9-5-10(17-2)14-7-13-9/h5,7-8H,3-4,6H2,1-2H3,(H,15,16)(H,12,13,14). The van der Waals surface area contributed by atoms with Crippen molar-refractivity contribution in [1.82, 2.24) is 9.97 Å². The molecule has 6 heteroatoms. The number of ether oxygens (including phenoxy) is 1. The third-order valence-corrected chi connectivity index (χ3v) is 2.33. The van der Waals surface area contributed by atoms with Crippen LogP contribution in [0.3, 0.4) is 0 Å². The average molecular weight is 239 g/mol. The van der Waals surface area contributed by atoms with Gasteiger partial charge in [-0.05, 0) is 12.3 Å². The SMILES string of the molecule is COc1cc(NCC(C)CCC(=O)O)ncn1. The summed E-state index contributed by atoms with van der Waals surface area (Å²) in [6.07, 6.45) is 2.25. The Morgan fingerprint density at radius 2 is 2.35 bits per heavy atom. The summed E-state index contributed by atoms with van der Waals surface area (Å²) in [6, 6.07) is 1.70. The molecule has 6 nitrogen and oxygen atoms in total. The highest BCUT2D eigenvalue weighted by molar-refractivity contribution is 5.66. The van der Waals surface area contributed by atoms with Crippen molar-refractivity contribution in [3.05, 3.63) is 12.4 Å². The molecule has 0 saturated carbocycles. The van der Waals surface area contributed by atoms with Crippen molar-refractivity contribution < 1.29 is 14.6 Å². The molecule has 17 heavy (non-hydrogen) atoms. The summed E-state index contributed by atoms with van der Waals surface area (Å²) in [5.41, 5.74) is 0. The number of aliphatic carboxylic acids is 1. The molecule has 0 spiro atoms. The quantitative estimate of drug-likeness (QED) is 0.748.